The maximum atomic E-state index is 13.7. The lowest BCUT2D eigenvalue weighted by molar-refractivity contribution is 0.130. The number of likely N-dealkylation sites (tertiary alicyclic amines) is 1. The second-order valence-corrected chi connectivity index (χ2v) is 9.22. The molecular weight excluding hydrogens is 429 g/mol. The molecule has 33 heavy (non-hydrogen) atoms. The first kappa shape index (κ1) is 23.4. The van der Waals surface area contributed by atoms with E-state index in [1.54, 1.807) is 4.90 Å². The molecule has 2 aromatic carbocycles. The predicted octanol–water partition coefficient (Wildman–Crippen LogP) is 4.38. The van der Waals surface area contributed by atoms with Crippen molar-refractivity contribution in [1.29, 1.82) is 0 Å². The van der Waals surface area contributed by atoms with Crippen LogP contribution in [0.25, 0.3) is 0 Å². The SMILES string of the molecule is C[C@@H]1CN(c2cc(F)c(F)c(F)c2)C[C@@H](C)N1C(=O)NC1CCN(Cc2ccccc2)CC1. The molecule has 0 saturated carbocycles. The zero-order valence-electron chi connectivity index (χ0n) is 19.1. The van der Waals surface area contributed by atoms with Crippen molar-refractivity contribution in [1.82, 2.24) is 15.1 Å². The van der Waals surface area contributed by atoms with Crippen LogP contribution in [0.4, 0.5) is 23.7 Å². The number of urea groups is 1. The largest absolute Gasteiger partial charge is 0.367 e. The summed E-state index contributed by atoms with van der Waals surface area (Å²) < 4.78 is 40.7. The second-order valence-electron chi connectivity index (χ2n) is 9.22. The number of piperidine rings is 1. The minimum atomic E-state index is -1.47. The highest BCUT2D eigenvalue weighted by atomic mass is 19.2. The number of benzene rings is 2. The van der Waals surface area contributed by atoms with Crippen molar-refractivity contribution >= 4 is 11.7 Å². The Morgan fingerprint density at radius 1 is 0.970 bits per heavy atom. The molecule has 0 unspecified atom stereocenters. The summed E-state index contributed by atoms with van der Waals surface area (Å²) in [6.07, 6.45) is 1.80. The summed E-state index contributed by atoms with van der Waals surface area (Å²) in [7, 11) is 0. The standard InChI is InChI=1S/C25H31F3N4O/c1-17-14-31(21-12-22(26)24(28)23(27)13-21)15-18(2)32(17)25(33)29-20-8-10-30(11-9-20)16-19-6-4-3-5-7-19/h3-7,12-13,17-18,20H,8-11,14-16H2,1-2H3,(H,29,33)/t17-,18-/m1/s1. The molecule has 2 aliphatic rings. The molecule has 2 saturated heterocycles. The van der Waals surface area contributed by atoms with Crippen molar-refractivity contribution in [2.45, 2.75) is 51.4 Å². The third kappa shape index (κ3) is 5.43. The van der Waals surface area contributed by atoms with Crippen LogP contribution in [0.3, 0.4) is 0 Å². The number of nitrogens with zero attached hydrogens (tertiary/aromatic N) is 3. The van der Waals surface area contributed by atoms with Gasteiger partial charge in [-0.2, -0.15) is 0 Å². The molecule has 1 N–H and O–H groups in total. The molecule has 2 amide bonds. The van der Waals surface area contributed by atoms with E-state index in [4.69, 9.17) is 0 Å². The molecule has 4 rings (SSSR count). The molecule has 8 heteroatoms. The van der Waals surface area contributed by atoms with Crippen molar-refractivity contribution in [3.05, 3.63) is 65.5 Å². The van der Waals surface area contributed by atoms with Gasteiger partial charge >= 0.3 is 6.03 Å². The number of piperazine rings is 1. The van der Waals surface area contributed by atoms with Crippen LogP contribution >= 0.6 is 0 Å². The summed E-state index contributed by atoms with van der Waals surface area (Å²) >= 11 is 0. The van der Waals surface area contributed by atoms with Crippen LogP contribution in [-0.4, -0.2) is 60.1 Å². The van der Waals surface area contributed by atoms with Crippen molar-refractivity contribution in [3.8, 4) is 0 Å². The summed E-state index contributed by atoms with van der Waals surface area (Å²) in [5, 5.41) is 3.19. The Morgan fingerprint density at radius 2 is 1.55 bits per heavy atom. The third-order valence-corrected chi connectivity index (χ3v) is 6.65. The van der Waals surface area contributed by atoms with Crippen LogP contribution in [0, 0.1) is 17.5 Å². The summed E-state index contributed by atoms with van der Waals surface area (Å²) in [4.78, 5) is 19.1. The van der Waals surface area contributed by atoms with Gasteiger partial charge in [0.1, 0.15) is 0 Å². The van der Waals surface area contributed by atoms with Crippen LogP contribution in [0.5, 0.6) is 0 Å². The number of nitrogens with one attached hydrogen (secondary N) is 1. The monoisotopic (exact) mass is 460 g/mol. The normalized spacial score (nSPS) is 22.5. The molecule has 2 aliphatic heterocycles. The Kier molecular flexibility index (Phi) is 7.12. The minimum absolute atomic E-state index is 0.104. The summed E-state index contributed by atoms with van der Waals surface area (Å²) in [5.41, 5.74) is 1.58. The molecular formula is C25H31F3N4O. The average molecular weight is 461 g/mol. The van der Waals surface area contributed by atoms with Crippen molar-refractivity contribution in [3.63, 3.8) is 0 Å². The minimum Gasteiger partial charge on any atom is -0.367 e. The Hall–Kier alpha value is -2.74. The van der Waals surface area contributed by atoms with E-state index in [-0.39, 0.29) is 29.8 Å². The molecule has 2 aromatic rings. The van der Waals surface area contributed by atoms with Gasteiger partial charge in [-0.15, -0.1) is 0 Å². The fraction of sp³-hybridized carbons (Fsp3) is 0.480. The Bertz CT molecular complexity index is 930. The maximum absolute atomic E-state index is 13.7. The Labute approximate surface area is 193 Å². The predicted molar refractivity (Wildman–Crippen MR) is 123 cm³/mol. The molecule has 0 spiro atoms. The number of carbonyl (C=O) groups excluding carboxylic acids is 1. The van der Waals surface area contributed by atoms with E-state index in [1.807, 2.05) is 36.9 Å². The van der Waals surface area contributed by atoms with Crippen molar-refractivity contribution in [2.75, 3.05) is 31.1 Å². The lowest BCUT2D eigenvalue weighted by Gasteiger charge is -2.46. The Balaban J connectivity index is 1.30. The molecule has 2 heterocycles. The van der Waals surface area contributed by atoms with Crippen molar-refractivity contribution in [2.24, 2.45) is 0 Å². The van der Waals surface area contributed by atoms with Crippen LogP contribution < -0.4 is 10.2 Å². The van der Waals surface area contributed by atoms with E-state index in [1.165, 1.54) is 5.56 Å². The molecule has 2 fully saturated rings. The van der Waals surface area contributed by atoms with Crippen LogP contribution in [-0.2, 0) is 6.54 Å². The number of halogens is 3. The number of anilines is 1. The quantitative estimate of drug-likeness (QED) is 0.689. The van der Waals surface area contributed by atoms with Gasteiger partial charge in [-0.25, -0.2) is 18.0 Å². The summed E-state index contributed by atoms with van der Waals surface area (Å²) in [6, 6.07) is 12.1. The number of hydrogen-bond acceptors (Lipinski definition) is 3. The second kappa shape index (κ2) is 10.0. The highest BCUT2D eigenvalue weighted by Gasteiger charge is 2.34. The van der Waals surface area contributed by atoms with Gasteiger partial charge in [0.15, 0.2) is 17.5 Å². The molecule has 0 aromatic heterocycles. The first-order valence-electron chi connectivity index (χ1n) is 11.6. The van der Waals surface area contributed by atoms with Crippen LogP contribution in [0.1, 0.15) is 32.3 Å². The van der Waals surface area contributed by atoms with E-state index in [0.29, 0.717) is 13.1 Å². The van der Waals surface area contributed by atoms with E-state index in [2.05, 4.69) is 22.3 Å². The van der Waals surface area contributed by atoms with Crippen molar-refractivity contribution < 1.29 is 18.0 Å². The fourth-order valence-corrected chi connectivity index (χ4v) is 4.98. The lowest BCUT2D eigenvalue weighted by atomic mass is 10.0. The van der Waals surface area contributed by atoms with Gasteiger partial charge in [0, 0.05) is 68.7 Å². The fourth-order valence-electron chi connectivity index (χ4n) is 4.98. The van der Waals surface area contributed by atoms with E-state index in [0.717, 1.165) is 44.6 Å². The van der Waals surface area contributed by atoms with Gasteiger partial charge in [0.25, 0.3) is 0 Å². The zero-order valence-corrected chi connectivity index (χ0v) is 19.1. The maximum Gasteiger partial charge on any atom is 0.318 e. The molecule has 2 atom stereocenters. The van der Waals surface area contributed by atoms with E-state index < -0.39 is 17.5 Å². The van der Waals surface area contributed by atoms with Gasteiger partial charge in [0.05, 0.1) is 0 Å². The summed E-state index contributed by atoms with van der Waals surface area (Å²) in [5.74, 6) is -3.87. The number of rotatable bonds is 4. The van der Waals surface area contributed by atoms with Crippen LogP contribution in [0.2, 0.25) is 0 Å². The van der Waals surface area contributed by atoms with Crippen LogP contribution in [0.15, 0.2) is 42.5 Å². The van der Waals surface area contributed by atoms with E-state index in [9.17, 15) is 18.0 Å². The summed E-state index contributed by atoms with van der Waals surface area (Å²) in [6.45, 7) is 7.44. The third-order valence-electron chi connectivity index (χ3n) is 6.65. The van der Waals surface area contributed by atoms with Gasteiger partial charge in [0.2, 0.25) is 0 Å². The van der Waals surface area contributed by atoms with Gasteiger partial charge in [-0.1, -0.05) is 30.3 Å². The molecule has 0 bridgehead atoms. The zero-order chi connectivity index (χ0) is 23.5. The smallest absolute Gasteiger partial charge is 0.318 e. The lowest BCUT2D eigenvalue weighted by Crippen LogP contribution is -2.62. The molecule has 5 nitrogen and oxygen atoms in total. The number of carbonyl (C=O) groups is 1. The molecule has 0 radical (unpaired) electrons. The topological polar surface area (TPSA) is 38.8 Å². The highest BCUT2D eigenvalue weighted by molar-refractivity contribution is 5.75. The molecule has 0 aliphatic carbocycles. The number of hydrogen-bond donors (Lipinski definition) is 1. The molecule has 178 valence electrons. The highest BCUT2D eigenvalue weighted by Crippen LogP contribution is 2.26. The van der Waals surface area contributed by atoms with E-state index >= 15 is 0 Å². The first-order valence-corrected chi connectivity index (χ1v) is 11.6. The average Bonchev–Trinajstić information content (AvgIpc) is 2.78. The first-order chi connectivity index (χ1) is 15.8. The number of amides is 2. The Morgan fingerprint density at radius 3 is 2.12 bits per heavy atom. The van der Waals surface area contributed by atoms with Gasteiger partial charge in [-0.3, -0.25) is 4.90 Å². The van der Waals surface area contributed by atoms with Gasteiger partial charge in [-0.05, 0) is 32.3 Å². The van der Waals surface area contributed by atoms with Gasteiger partial charge < -0.3 is 15.1 Å².